The molecule has 1 aliphatic rings. The number of pyridine rings is 2. The number of hydrogen-bond donors (Lipinski definition) is 1. The molecule has 3 heterocycles. The van der Waals surface area contributed by atoms with Gasteiger partial charge in [-0.25, -0.2) is 0 Å². The highest BCUT2D eigenvalue weighted by molar-refractivity contribution is 5.93. The van der Waals surface area contributed by atoms with E-state index >= 15 is 0 Å². The van der Waals surface area contributed by atoms with Gasteiger partial charge in [0.2, 0.25) is 0 Å². The number of aryl methyl sites for hydroxylation is 1. The van der Waals surface area contributed by atoms with E-state index in [4.69, 9.17) is 0 Å². The molecule has 1 N–H and O–H groups in total. The lowest BCUT2D eigenvalue weighted by Gasteiger charge is -2.33. The molecule has 0 saturated carbocycles. The van der Waals surface area contributed by atoms with E-state index in [1.165, 1.54) is 0 Å². The summed E-state index contributed by atoms with van der Waals surface area (Å²) in [6, 6.07) is 6.79. The molecule has 1 amide bonds. The van der Waals surface area contributed by atoms with Crippen molar-refractivity contribution in [1.29, 1.82) is 0 Å². The number of rotatable bonds is 2. The molecule has 1 aliphatic heterocycles. The standard InChI is InChI=1S/C17H19N3O2/c1-12-8-15(21)9-16(19-12)14-5-3-7-20(11-14)17(22)13-4-2-6-18-10-13/h2,4,6,8-10,14H,3,5,7,11H2,1H3,(H,19,21)/t14-/m1/s1. The third kappa shape index (κ3) is 3.08. The number of amides is 1. The van der Waals surface area contributed by atoms with Crippen LogP contribution in [0.4, 0.5) is 0 Å². The first-order valence-corrected chi connectivity index (χ1v) is 7.53. The Labute approximate surface area is 129 Å². The summed E-state index contributed by atoms with van der Waals surface area (Å²) in [5, 5.41) is 0. The first-order chi connectivity index (χ1) is 10.6. The second-order valence-corrected chi connectivity index (χ2v) is 5.79. The van der Waals surface area contributed by atoms with Crippen molar-refractivity contribution in [3.05, 3.63) is 63.8 Å². The van der Waals surface area contributed by atoms with Gasteiger partial charge in [-0.3, -0.25) is 14.6 Å². The van der Waals surface area contributed by atoms with Crippen molar-refractivity contribution < 1.29 is 4.79 Å². The van der Waals surface area contributed by atoms with Gasteiger partial charge in [-0.2, -0.15) is 0 Å². The van der Waals surface area contributed by atoms with Crippen molar-refractivity contribution in [2.45, 2.75) is 25.7 Å². The van der Waals surface area contributed by atoms with Crippen LogP contribution in [0.25, 0.3) is 0 Å². The lowest BCUT2D eigenvalue weighted by atomic mass is 9.93. The van der Waals surface area contributed by atoms with E-state index in [0.717, 1.165) is 30.8 Å². The third-order valence-corrected chi connectivity index (χ3v) is 4.05. The van der Waals surface area contributed by atoms with Crippen molar-refractivity contribution in [2.75, 3.05) is 13.1 Å². The minimum absolute atomic E-state index is 0.00722. The molecule has 1 saturated heterocycles. The second kappa shape index (κ2) is 6.13. The number of nitrogens with one attached hydrogen (secondary N) is 1. The first kappa shape index (κ1) is 14.5. The van der Waals surface area contributed by atoms with Crippen LogP contribution in [0.5, 0.6) is 0 Å². The van der Waals surface area contributed by atoms with Crippen LogP contribution in [0, 0.1) is 6.92 Å². The average molecular weight is 297 g/mol. The second-order valence-electron chi connectivity index (χ2n) is 5.79. The number of carbonyl (C=O) groups excluding carboxylic acids is 1. The molecule has 0 bridgehead atoms. The summed E-state index contributed by atoms with van der Waals surface area (Å²) in [6.07, 6.45) is 5.18. The third-order valence-electron chi connectivity index (χ3n) is 4.05. The number of aromatic nitrogens is 2. The van der Waals surface area contributed by atoms with Crippen molar-refractivity contribution >= 4 is 5.91 Å². The van der Waals surface area contributed by atoms with Crippen LogP contribution in [-0.2, 0) is 0 Å². The molecule has 1 fully saturated rings. The maximum atomic E-state index is 12.5. The molecule has 5 nitrogen and oxygen atoms in total. The van der Waals surface area contributed by atoms with Gasteiger partial charge >= 0.3 is 0 Å². The minimum atomic E-state index is 0.00722. The number of aromatic amines is 1. The van der Waals surface area contributed by atoms with Gasteiger partial charge in [-0.05, 0) is 31.9 Å². The Morgan fingerprint density at radius 2 is 2.27 bits per heavy atom. The van der Waals surface area contributed by atoms with Gasteiger partial charge in [-0.1, -0.05) is 0 Å². The van der Waals surface area contributed by atoms with Gasteiger partial charge in [0, 0.05) is 54.9 Å². The number of hydrogen-bond acceptors (Lipinski definition) is 3. The Morgan fingerprint density at radius 1 is 1.41 bits per heavy atom. The average Bonchev–Trinajstić information content (AvgIpc) is 2.54. The molecule has 3 rings (SSSR count). The Morgan fingerprint density at radius 3 is 3.00 bits per heavy atom. The predicted molar refractivity (Wildman–Crippen MR) is 83.9 cm³/mol. The van der Waals surface area contributed by atoms with Gasteiger partial charge in [0.1, 0.15) is 0 Å². The maximum Gasteiger partial charge on any atom is 0.255 e. The Kier molecular flexibility index (Phi) is 4.04. The summed E-state index contributed by atoms with van der Waals surface area (Å²) < 4.78 is 0. The van der Waals surface area contributed by atoms with Gasteiger partial charge in [-0.15, -0.1) is 0 Å². The molecule has 5 heteroatoms. The fourth-order valence-corrected chi connectivity index (χ4v) is 3.02. The lowest BCUT2D eigenvalue weighted by Crippen LogP contribution is -2.39. The minimum Gasteiger partial charge on any atom is -0.362 e. The number of nitrogens with zero attached hydrogens (tertiary/aromatic N) is 2. The summed E-state index contributed by atoms with van der Waals surface area (Å²) in [5.41, 5.74) is 2.41. The van der Waals surface area contributed by atoms with E-state index in [9.17, 15) is 9.59 Å². The predicted octanol–water partition coefficient (Wildman–Crippen LogP) is 2.10. The molecule has 1 atom stereocenters. The van der Waals surface area contributed by atoms with Crippen LogP contribution in [0.2, 0.25) is 0 Å². The molecule has 2 aromatic rings. The fourth-order valence-electron chi connectivity index (χ4n) is 3.02. The zero-order valence-corrected chi connectivity index (χ0v) is 12.6. The van der Waals surface area contributed by atoms with Crippen LogP contribution >= 0.6 is 0 Å². The van der Waals surface area contributed by atoms with Gasteiger partial charge < -0.3 is 9.88 Å². The smallest absolute Gasteiger partial charge is 0.255 e. The highest BCUT2D eigenvalue weighted by atomic mass is 16.2. The fraction of sp³-hybridized carbons (Fsp3) is 0.353. The van der Waals surface area contributed by atoms with E-state index in [1.807, 2.05) is 11.8 Å². The van der Waals surface area contributed by atoms with E-state index in [1.54, 1.807) is 36.7 Å². The van der Waals surface area contributed by atoms with Crippen molar-refractivity contribution in [3.8, 4) is 0 Å². The molecule has 114 valence electrons. The van der Waals surface area contributed by atoms with Crippen LogP contribution in [0.1, 0.15) is 40.5 Å². The Balaban J connectivity index is 1.79. The number of H-pyrrole nitrogens is 1. The maximum absolute atomic E-state index is 12.5. The quantitative estimate of drug-likeness (QED) is 0.923. The van der Waals surface area contributed by atoms with Crippen LogP contribution < -0.4 is 5.43 Å². The summed E-state index contributed by atoms with van der Waals surface area (Å²) in [7, 11) is 0. The topological polar surface area (TPSA) is 66.1 Å². The Hall–Kier alpha value is -2.43. The lowest BCUT2D eigenvalue weighted by molar-refractivity contribution is 0.0705. The van der Waals surface area contributed by atoms with Crippen molar-refractivity contribution in [2.24, 2.45) is 0 Å². The van der Waals surface area contributed by atoms with Crippen molar-refractivity contribution in [1.82, 2.24) is 14.9 Å². The summed E-state index contributed by atoms with van der Waals surface area (Å²) >= 11 is 0. The molecule has 2 aromatic heterocycles. The SMILES string of the molecule is Cc1cc(=O)cc([C@@H]2CCCN(C(=O)c3cccnc3)C2)[nH]1. The van der Waals surface area contributed by atoms with Gasteiger partial charge in [0.05, 0.1) is 5.56 Å². The normalized spacial score (nSPS) is 18.2. The summed E-state index contributed by atoms with van der Waals surface area (Å²) in [5.74, 6) is 0.190. The highest BCUT2D eigenvalue weighted by Crippen LogP contribution is 2.26. The van der Waals surface area contributed by atoms with Crippen LogP contribution in [-0.4, -0.2) is 33.9 Å². The van der Waals surface area contributed by atoms with Crippen molar-refractivity contribution in [3.63, 3.8) is 0 Å². The number of carbonyl (C=O) groups is 1. The molecule has 22 heavy (non-hydrogen) atoms. The molecule has 0 aromatic carbocycles. The summed E-state index contributed by atoms with van der Waals surface area (Å²) in [6.45, 7) is 3.26. The number of likely N-dealkylation sites (tertiary alicyclic amines) is 1. The number of piperidine rings is 1. The molecule has 0 unspecified atom stereocenters. The highest BCUT2D eigenvalue weighted by Gasteiger charge is 2.26. The van der Waals surface area contributed by atoms with Crippen LogP contribution in [0.15, 0.2) is 41.5 Å². The zero-order valence-electron chi connectivity index (χ0n) is 12.6. The zero-order chi connectivity index (χ0) is 15.5. The monoisotopic (exact) mass is 297 g/mol. The molecular weight excluding hydrogens is 278 g/mol. The Bertz CT molecular complexity index is 724. The largest absolute Gasteiger partial charge is 0.362 e. The summed E-state index contributed by atoms with van der Waals surface area (Å²) in [4.78, 5) is 33.3. The van der Waals surface area contributed by atoms with E-state index in [-0.39, 0.29) is 17.3 Å². The van der Waals surface area contributed by atoms with E-state index in [2.05, 4.69) is 9.97 Å². The van der Waals surface area contributed by atoms with E-state index in [0.29, 0.717) is 12.1 Å². The first-order valence-electron chi connectivity index (χ1n) is 7.53. The van der Waals surface area contributed by atoms with Crippen LogP contribution in [0.3, 0.4) is 0 Å². The van der Waals surface area contributed by atoms with E-state index < -0.39 is 0 Å². The molecule has 0 radical (unpaired) electrons. The molecular formula is C17H19N3O2. The van der Waals surface area contributed by atoms with Gasteiger partial charge in [0.25, 0.3) is 5.91 Å². The molecule has 0 aliphatic carbocycles. The molecule has 0 spiro atoms. The van der Waals surface area contributed by atoms with Gasteiger partial charge in [0.15, 0.2) is 5.43 Å².